The first-order chi connectivity index (χ1) is 10.4. The molecule has 0 amide bonds. The minimum Gasteiger partial charge on any atom is -0.379 e. The average Bonchev–Trinajstić information content (AvgIpc) is 3.37. The third-order valence-electron chi connectivity index (χ3n) is 3.70. The van der Waals surface area contributed by atoms with Gasteiger partial charge in [-0.3, -0.25) is 0 Å². The van der Waals surface area contributed by atoms with Crippen LogP contribution in [-0.2, 0) is 18.9 Å². The second kappa shape index (κ2) is 11.8. The Bertz CT molecular complexity index is 220. The van der Waals surface area contributed by atoms with Crippen molar-refractivity contribution in [1.82, 2.24) is 0 Å². The van der Waals surface area contributed by atoms with E-state index in [1.807, 2.05) is 0 Å². The number of unbranched alkanes of at least 4 members (excludes halogenated alkanes) is 4. The van der Waals surface area contributed by atoms with Gasteiger partial charge in [0.25, 0.3) is 0 Å². The fraction of sp³-hybridized carbons (Fsp3) is 1.00. The van der Waals surface area contributed by atoms with Crippen molar-refractivity contribution >= 4 is 8.58 Å². The molecule has 4 nitrogen and oxygen atoms in total. The number of ether oxygens (including phenoxy) is 4. The minimum absolute atomic E-state index is 0.416. The third kappa shape index (κ3) is 11.5. The van der Waals surface area contributed by atoms with Gasteiger partial charge in [-0.15, -0.1) is 8.58 Å². The summed E-state index contributed by atoms with van der Waals surface area (Å²) in [5.74, 6) is 0. The largest absolute Gasteiger partial charge is 0.379 e. The van der Waals surface area contributed by atoms with Crippen molar-refractivity contribution in [1.29, 1.82) is 0 Å². The van der Waals surface area contributed by atoms with Crippen LogP contribution in [0.3, 0.4) is 0 Å². The zero-order valence-electron chi connectivity index (χ0n) is 13.2. The molecule has 2 unspecified atom stereocenters. The summed E-state index contributed by atoms with van der Waals surface area (Å²) >= 11 is 0. The van der Waals surface area contributed by atoms with Crippen molar-refractivity contribution < 1.29 is 18.9 Å². The maximum absolute atomic E-state index is 5.53. The Morgan fingerprint density at radius 2 is 1.19 bits per heavy atom. The highest BCUT2D eigenvalue weighted by molar-refractivity contribution is 7.37. The van der Waals surface area contributed by atoms with Crippen LogP contribution in [0.5, 0.6) is 0 Å². The third-order valence-corrected chi connectivity index (χ3v) is 5.11. The topological polar surface area (TPSA) is 43.5 Å². The fourth-order valence-electron chi connectivity index (χ4n) is 2.14. The van der Waals surface area contributed by atoms with Crippen LogP contribution in [0.4, 0.5) is 0 Å². The summed E-state index contributed by atoms with van der Waals surface area (Å²) in [5, 5.41) is 0. The highest BCUT2D eigenvalue weighted by atomic mass is 31.1. The summed E-state index contributed by atoms with van der Waals surface area (Å²) in [4.78, 5) is 0. The van der Waals surface area contributed by atoms with Gasteiger partial charge < -0.3 is 18.9 Å². The Hall–Kier alpha value is 0.270. The van der Waals surface area contributed by atoms with E-state index in [1.54, 1.807) is 0 Å². The Morgan fingerprint density at radius 1 is 0.714 bits per heavy atom. The molecule has 0 aliphatic carbocycles. The Morgan fingerprint density at radius 3 is 1.62 bits per heavy atom. The molecule has 0 bridgehead atoms. The van der Waals surface area contributed by atoms with E-state index in [9.17, 15) is 0 Å². The van der Waals surface area contributed by atoms with E-state index in [-0.39, 0.29) is 0 Å². The molecule has 0 spiro atoms. The van der Waals surface area contributed by atoms with Gasteiger partial charge in [0.15, 0.2) is 0 Å². The SMILES string of the molecule is C(CCOCC1CO1)CCPCCCCCOCC1CO1. The predicted molar refractivity (Wildman–Crippen MR) is 86.9 cm³/mol. The predicted octanol–water partition coefficient (Wildman–Crippen LogP) is 2.84. The summed E-state index contributed by atoms with van der Waals surface area (Å²) in [5.41, 5.74) is 0. The smallest absolute Gasteiger partial charge is 0.104 e. The van der Waals surface area contributed by atoms with E-state index in [1.165, 1.54) is 50.8 Å². The highest BCUT2D eigenvalue weighted by Crippen LogP contribution is 2.17. The van der Waals surface area contributed by atoms with Gasteiger partial charge in [-0.2, -0.15) is 0 Å². The summed E-state index contributed by atoms with van der Waals surface area (Å²) in [6.07, 6.45) is 11.4. The molecule has 0 aromatic carbocycles. The standard InChI is InChI=1S/C16H31O4P/c1(3-7-17-11-15-13-19-15)5-9-21-10-6-2-4-8-18-12-16-14-20-16/h15-16,21H,1-14H2. The highest BCUT2D eigenvalue weighted by Gasteiger charge is 2.22. The summed E-state index contributed by atoms with van der Waals surface area (Å²) in [7, 11) is 1.15. The summed E-state index contributed by atoms with van der Waals surface area (Å²) in [6, 6.07) is 0. The van der Waals surface area contributed by atoms with E-state index >= 15 is 0 Å². The molecule has 2 atom stereocenters. The average molecular weight is 318 g/mol. The molecule has 21 heavy (non-hydrogen) atoms. The van der Waals surface area contributed by atoms with Gasteiger partial charge in [-0.1, -0.05) is 12.8 Å². The molecule has 0 saturated carbocycles. The van der Waals surface area contributed by atoms with Crippen LogP contribution in [0.1, 0.15) is 38.5 Å². The van der Waals surface area contributed by atoms with Crippen LogP contribution in [-0.4, -0.2) is 64.2 Å². The van der Waals surface area contributed by atoms with E-state index in [4.69, 9.17) is 18.9 Å². The molecule has 2 saturated heterocycles. The fourth-order valence-corrected chi connectivity index (χ4v) is 3.39. The molecular formula is C16H31O4P. The molecule has 2 rings (SSSR count). The van der Waals surface area contributed by atoms with Crippen LogP contribution in [0, 0.1) is 0 Å². The van der Waals surface area contributed by atoms with Crippen molar-refractivity contribution in [3.8, 4) is 0 Å². The normalized spacial score (nSPS) is 24.0. The van der Waals surface area contributed by atoms with Crippen molar-refractivity contribution in [2.75, 3.05) is 52.0 Å². The van der Waals surface area contributed by atoms with E-state index < -0.39 is 0 Å². The second-order valence-corrected chi connectivity index (χ2v) is 7.43. The van der Waals surface area contributed by atoms with Crippen molar-refractivity contribution in [3.63, 3.8) is 0 Å². The molecule has 0 aromatic rings. The van der Waals surface area contributed by atoms with Crippen molar-refractivity contribution in [2.45, 2.75) is 50.7 Å². The minimum atomic E-state index is 0.416. The van der Waals surface area contributed by atoms with E-state index in [0.29, 0.717) is 12.2 Å². The van der Waals surface area contributed by atoms with Crippen LogP contribution < -0.4 is 0 Å². The monoisotopic (exact) mass is 318 g/mol. The molecule has 2 aliphatic heterocycles. The van der Waals surface area contributed by atoms with Crippen LogP contribution in [0.2, 0.25) is 0 Å². The Balaban J connectivity index is 1.16. The molecule has 124 valence electrons. The van der Waals surface area contributed by atoms with Crippen molar-refractivity contribution in [3.05, 3.63) is 0 Å². The van der Waals surface area contributed by atoms with Gasteiger partial charge in [-0.05, 0) is 38.0 Å². The lowest BCUT2D eigenvalue weighted by Gasteiger charge is -2.04. The number of epoxide rings is 2. The zero-order valence-corrected chi connectivity index (χ0v) is 14.2. The summed E-state index contributed by atoms with van der Waals surface area (Å²) in [6.45, 7) is 5.24. The zero-order chi connectivity index (χ0) is 14.6. The second-order valence-electron chi connectivity index (χ2n) is 5.93. The van der Waals surface area contributed by atoms with Gasteiger partial charge in [0.05, 0.1) is 26.4 Å². The summed E-state index contributed by atoms with van der Waals surface area (Å²) < 4.78 is 21.2. The first-order valence-corrected chi connectivity index (χ1v) is 9.96. The maximum Gasteiger partial charge on any atom is 0.104 e. The first-order valence-electron chi connectivity index (χ1n) is 8.54. The van der Waals surface area contributed by atoms with Gasteiger partial charge in [0.2, 0.25) is 0 Å². The van der Waals surface area contributed by atoms with Gasteiger partial charge in [0.1, 0.15) is 12.2 Å². The quantitative estimate of drug-likeness (QED) is 0.249. The molecule has 0 radical (unpaired) electrons. The maximum atomic E-state index is 5.53. The molecule has 2 heterocycles. The van der Waals surface area contributed by atoms with Crippen LogP contribution in [0.25, 0.3) is 0 Å². The van der Waals surface area contributed by atoms with E-state index in [0.717, 1.165) is 48.2 Å². The Labute approximate surface area is 131 Å². The molecular weight excluding hydrogens is 287 g/mol. The van der Waals surface area contributed by atoms with Crippen LogP contribution >= 0.6 is 8.58 Å². The van der Waals surface area contributed by atoms with Gasteiger partial charge in [0, 0.05) is 13.2 Å². The molecule has 0 N–H and O–H groups in total. The van der Waals surface area contributed by atoms with E-state index in [2.05, 4.69) is 0 Å². The Kier molecular flexibility index (Phi) is 9.89. The molecule has 5 heteroatoms. The lowest BCUT2D eigenvalue weighted by Crippen LogP contribution is -2.02. The van der Waals surface area contributed by atoms with Crippen molar-refractivity contribution in [2.24, 2.45) is 0 Å². The first kappa shape index (κ1) is 17.6. The molecule has 0 aromatic heterocycles. The van der Waals surface area contributed by atoms with Gasteiger partial charge in [-0.25, -0.2) is 0 Å². The number of rotatable bonds is 16. The van der Waals surface area contributed by atoms with Crippen LogP contribution in [0.15, 0.2) is 0 Å². The lowest BCUT2D eigenvalue weighted by atomic mass is 10.3. The van der Waals surface area contributed by atoms with Gasteiger partial charge >= 0.3 is 0 Å². The molecule has 2 aliphatic rings. The number of hydrogen-bond acceptors (Lipinski definition) is 4. The number of hydrogen-bond donors (Lipinski definition) is 0. The lowest BCUT2D eigenvalue weighted by molar-refractivity contribution is 0.113. The molecule has 2 fully saturated rings.